The summed E-state index contributed by atoms with van der Waals surface area (Å²) in [4.78, 5) is 5.50. The molecule has 1 aliphatic rings. The molecule has 2 nitrogen and oxygen atoms in total. The second-order valence-electron chi connectivity index (χ2n) is 4.12. The highest BCUT2D eigenvalue weighted by molar-refractivity contribution is 7.11. The molecule has 1 aromatic rings. The summed E-state index contributed by atoms with van der Waals surface area (Å²) in [6.45, 7) is 2.02. The topological polar surface area (TPSA) is 36.7 Å². The number of nitriles is 1. The lowest BCUT2D eigenvalue weighted by Gasteiger charge is -2.18. The maximum Gasteiger partial charge on any atom is 0.0896 e. The Morgan fingerprint density at radius 1 is 1.57 bits per heavy atom. The average molecular weight is 206 g/mol. The van der Waals surface area contributed by atoms with Crippen LogP contribution in [0.15, 0.2) is 6.20 Å². The van der Waals surface area contributed by atoms with Crippen LogP contribution in [0.5, 0.6) is 0 Å². The lowest BCUT2D eigenvalue weighted by atomic mass is 9.84. The largest absolute Gasteiger partial charge is 0.250 e. The van der Waals surface area contributed by atoms with Gasteiger partial charge in [0.15, 0.2) is 0 Å². The molecule has 0 aromatic carbocycles. The van der Waals surface area contributed by atoms with Gasteiger partial charge in [-0.1, -0.05) is 12.8 Å². The lowest BCUT2D eigenvalue weighted by molar-refractivity contribution is 0.411. The Morgan fingerprint density at radius 2 is 2.29 bits per heavy atom. The van der Waals surface area contributed by atoms with Gasteiger partial charge in [-0.3, -0.25) is 0 Å². The summed E-state index contributed by atoms with van der Waals surface area (Å²) in [7, 11) is 0. The number of aromatic nitrogens is 1. The SMILES string of the molecule is Cc1ncc(CC2(C#N)CCCC2)s1. The number of hydrogen-bond donors (Lipinski definition) is 0. The molecule has 3 heteroatoms. The van der Waals surface area contributed by atoms with Crippen molar-refractivity contribution >= 4 is 11.3 Å². The van der Waals surface area contributed by atoms with Crippen LogP contribution in [-0.2, 0) is 6.42 Å². The Kier molecular flexibility index (Phi) is 2.56. The molecule has 0 N–H and O–H groups in total. The highest BCUT2D eigenvalue weighted by Gasteiger charge is 2.34. The molecule has 0 unspecified atom stereocenters. The van der Waals surface area contributed by atoms with Crippen LogP contribution in [0.25, 0.3) is 0 Å². The third kappa shape index (κ3) is 1.80. The van der Waals surface area contributed by atoms with Gasteiger partial charge in [0.2, 0.25) is 0 Å². The Bertz CT molecular complexity index is 356. The van der Waals surface area contributed by atoms with Gasteiger partial charge in [-0.25, -0.2) is 4.98 Å². The summed E-state index contributed by atoms with van der Waals surface area (Å²) in [5.41, 5.74) is -0.0705. The van der Waals surface area contributed by atoms with Gasteiger partial charge in [-0.15, -0.1) is 11.3 Å². The molecular formula is C11H14N2S. The number of rotatable bonds is 2. The van der Waals surface area contributed by atoms with E-state index in [2.05, 4.69) is 11.1 Å². The molecule has 0 radical (unpaired) electrons. The lowest BCUT2D eigenvalue weighted by Crippen LogP contribution is -2.16. The van der Waals surface area contributed by atoms with Gasteiger partial charge in [-0.2, -0.15) is 5.26 Å². The van der Waals surface area contributed by atoms with Crippen molar-refractivity contribution in [1.82, 2.24) is 4.98 Å². The van der Waals surface area contributed by atoms with Gasteiger partial charge in [0.05, 0.1) is 16.5 Å². The fraction of sp³-hybridized carbons (Fsp3) is 0.636. The zero-order chi connectivity index (χ0) is 10.0. The molecular weight excluding hydrogens is 192 g/mol. The Hall–Kier alpha value is -0.880. The number of aryl methyl sites for hydroxylation is 1. The smallest absolute Gasteiger partial charge is 0.0896 e. The van der Waals surface area contributed by atoms with Crippen LogP contribution in [0.4, 0.5) is 0 Å². The van der Waals surface area contributed by atoms with Crippen molar-refractivity contribution in [2.45, 2.75) is 39.0 Å². The van der Waals surface area contributed by atoms with Crippen LogP contribution in [0.2, 0.25) is 0 Å². The summed E-state index contributed by atoms with van der Waals surface area (Å²) < 4.78 is 0. The van der Waals surface area contributed by atoms with Crippen molar-refractivity contribution in [2.75, 3.05) is 0 Å². The zero-order valence-corrected chi connectivity index (χ0v) is 9.23. The maximum absolute atomic E-state index is 9.22. The molecule has 1 saturated carbocycles. The van der Waals surface area contributed by atoms with E-state index in [0.29, 0.717) is 0 Å². The van der Waals surface area contributed by atoms with Gasteiger partial charge in [-0.05, 0) is 19.8 Å². The van der Waals surface area contributed by atoms with E-state index >= 15 is 0 Å². The molecule has 0 spiro atoms. The molecule has 1 aliphatic carbocycles. The van der Waals surface area contributed by atoms with E-state index < -0.39 is 0 Å². The van der Waals surface area contributed by atoms with Crippen molar-refractivity contribution in [1.29, 1.82) is 5.26 Å². The maximum atomic E-state index is 9.22. The minimum atomic E-state index is -0.0705. The minimum absolute atomic E-state index is 0.0705. The van der Waals surface area contributed by atoms with Crippen LogP contribution < -0.4 is 0 Å². The molecule has 0 saturated heterocycles. The molecule has 1 fully saturated rings. The highest BCUT2D eigenvalue weighted by atomic mass is 32.1. The van der Waals surface area contributed by atoms with Crippen LogP contribution in [0.1, 0.15) is 35.6 Å². The monoisotopic (exact) mass is 206 g/mol. The summed E-state index contributed by atoms with van der Waals surface area (Å²) in [6, 6.07) is 2.51. The number of hydrogen-bond acceptors (Lipinski definition) is 3. The van der Waals surface area contributed by atoms with E-state index in [1.165, 1.54) is 17.7 Å². The predicted octanol–water partition coefficient (Wildman–Crippen LogP) is 3.08. The minimum Gasteiger partial charge on any atom is -0.250 e. The summed E-state index contributed by atoms with van der Waals surface area (Å²) in [5, 5.41) is 10.3. The summed E-state index contributed by atoms with van der Waals surface area (Å²) >= 11 is 1.73. The van der Waals surface area contributed by atoms with E-state index in [4.69, 9.17) is 0 Å². The molecule has 2 rings (SSSR count). The predicted molar refractivity (Wildman–Crippen MR) is 57.1 cm³/mol. The van der Waals surface area contributed by atoms with Crippen molar-refractivity contribution in [3.05, 3.63) is 16.1 Å². The van der Waals surface area contributed by atoms with Gasteiger partial charge >= 0.3 is 0 Å². The zero-order valence-electron chi connectivity index (χ0n) is 8.42. The fourth-order valence-electron chi connectivity index (χ4n) is 2.20. The van der Waals surface area contributed by atoms with Gasteiger partial charge in [0.25, 0.3) is 0 Å². The van der Waals surface area contributed by atoms with E-state index in [0.717, 1.165) is 24.3 Å². The molecule has 14 heavy (non-hydrogen) atoms. The van der Waals surface area contributed by atoms with Crippen LogP contribution >= 0.6 is 11.3 Å². The molecule has 0 bridgehead atoms. The van der Waals surface area contributed by atoms with Crippen molar-refractivity contribution in [3.8, 4) is 6.07 Å². The first-order valence-electron chi connectivity index (χ1n) is 5.07. The first-order chi connectivity index (χ1) is 6.74. The van der Waals surface area contributed by atoms with Crippen LogP contribution in [0, 0.1) is 23.7 Å². The molecule has 0 amide bonds. The third-order valence-electron chi connectivity index (χ3n) is 2.98. The van der Waals surface area contributed by atoms with Gasteiger partial charge in [0, 0.05) is 17.5 Å². The van der Waals surface area contributed by atoms with Crippen molar-refractivity contribution < 1.29 is 0 Å². The quantitative estimate of drug-likeness (QED) is 0.745. The number of nitrogens with zero attached hydrogens (tertiary/aromatic N) is 2. The van der Waals surface area contributed by atoms with Crippen molar-refractivity contribution in [2.24, 2.45) is 5.41 Å². The third-order valence-corrected chi connectivity index (χ3v) is 3.89. The van der Waals surface area contributed by atoms with E-state index in [1.54, 1.807) is 11.3 Å². The van der Waals surface area contributed by atoms with Gasteiger partial charge < -0.3 is 0 Å². The molecule has 1 aromatic heterocycles. The van der Waals surface area contributed by atoms with E-state index in [9.17, 15) is 5.26 Å². The molecule has 1 heterocycles. The first kappa shape index (κ1) is 9.67. The second-order valence-corrected chi connectivity index (χ2v) is 5.44. The average Bonchev–Trinajstić information content (AvgIpc) is 2.77. The number of thiazole rings is 1. The molecule has 74 valence electrons. The Morgan fingerprint density at radius 3 is 2.79 bits per heavy atom. The van der Waals surface area contributed by atoms with Gasteiger partial charge in [0.1, 0.15) is 0 Å². The van der Waals surface area contributed by atoms with E-state index in [1.807, 2.05) is 13.1 Å². The standard InChI is InChI=1S/C11H14N2S/c1-9-13-7-10(14-9)6-11(8-12)4-2-3-5-11/h7H,2-6H2,1H3. The van der Waals surface area contributed by atoms with E-state index in [-0.39, 0.29) is 5.41 Å². The normalized spacial score (nSPS) is 19.4. The summed E-state index contributed by atoms with van der Waals surface area (Å²) in [6.07, 6.45) is 7.41. The fourth-order valence-corrected chi connectivity index (χ4v) is 3.14. The van der Waals surface area contributed by atoms with Crippen LogP contribution in [-0.4, -0.2) is 4.98 Å². The Labute approximate surface area is 88.6 Å². The van der Waals surface area contributed by atoms with Crippen molar-refractivity contribution in [3.63, 3.8) is 0 Å². The Balaban J connectivity index is 2.13. The van der Waals surface area contributed by atoms with Crippen LogP contribution in [0.3, 0.4) is 0 Å². The molecule has 0 atom stereocenters. The second kappa shape index (κ2) is 3.70. The molecule has 0 aliphatic heterocycles. The first-order valence-corrected chi connectivity index (χ1v) is 5.88. The highest BCUT2D eigenvalue weighted by Crippen LogP contribution is 2.41. The summed E-state index contributed by atoms with van der Waals surface area (Å²) in [5.74, 6) is 0.